The third-order valence-corrected chi connectivity index (χ3v) is 6.32. The average Bonchev–Trinajstić information content (AvgIpc) is 2.96. The molecule has 5 amide bonds. The van der Waals surface area contributed by atoms with E-state index in [1.54, 1.807) is 17.0 Å². The molecule has 8 heteroatoms. The van der Waals surface area contributed by atoms with Crippen LogP contribution in [0.25, 0.3) is 0 Å². The van der Waals surface area contributed by atoms with Crippen LogP contribution in [0.1, 0.15) is 32.1 Å². The normalized spacial score (nSPS) is 24.7. The van der Waals surface area contributed by atoms with E-state index in [0.29, 0.717) is 30.7 Å². The van der Waals surface area contributed by atoms with Crippen LogP contribution in [-0.2, 0) is 14.4 Å². The van der Waals surface area contributed by atoms with E-state index in [-0.39, 0.29) is 11.6 Å². The highest BCUT2D eigenvalue weighted by Gasteiger charge is 2.47. The first kappa shape index (κ1) is 19.4. The van der Waals surface area contributed by atoms with Crippen molar-refractivity contribution in [1.29, 1.82) is 0 Å². The molecule has 0 aromatic heterocycles. The Morgan fingerprint density at radius 3 is 2.38 bits per heavy atom. The molecule has 0 bridgehead atoms. The van der Waals surface area contributed by atoms with Gasteiger partial charge in [0, 0.05) is 13.1 Å². The molecule has 1 aromatic rings. The minimum Gasteiger partial charge on any atom is -0.497 e. The van der Waals surface area contributed by atoms with Crippen molar-refractivity contribution in [2.75, 3.05) is 31.6 Å². The van der Waals surface area contributed by atoms with Crippen LogP contribution in [0.2, 0.25) is 0 Å². The molecule has 0 N–H and O–H groups in total. The Morgan fingerprint density at radius 1 is 1.00 bits per heavy atom. The summed E-state index contributed by atoms with van der Waals surface area (Å²) in [6.45, 7) is 0.926. The average molecular weight is 399 g/mol. The van der Waals surface area contributed by atoms with Gasteiger partial charge in [-0.15, -0.1) is 0 Å². The van der Waals surface area contributed by atoms with Gasteiger partial charge < -0.3 is 9.64 Å². The first-order valence-electron chi connectivity index (χ1n) is 10.1. The zero-order valence-electron chi connectivity index (χ0n) is 16.5. The summed E-state index contributed by atoms with van der Waals surface area (Å²) < 4.78 is 5.07. The number of benzene rings is 1. The number of imide groups is 2. The highest BCUT2D eigenvalue weighted by molar-refractivity contribution is 6.53. The van der Waals surface area contributed by atoms with Crippen molar-refractivity contribution in [3.05, 3.63) is 24.3 Å². The number of nitrogens with zero attached hydrogens (tertiary/aromatic N) is 3. The molecule has 3 aliphatic rings. The number of ether oxygens (including phenoxy) is 1. The highest BCUT2D eigenvalue weighted by Crippen LogP contribution is 2.36. The standard InChI is InChI=1S/C21H25N3O5/c1-29-17-8-6-16(7-9-17)24-20(27)19(26)23(21(24)28)13-18(25)22-11-10-14-4-2-3-5-15(14)12-22/h6-9,14-15H,2-5,10-13H2,1H3/t14-,15-/m1/s1. The molecule has 4 rings (SSSR count). The number of fused-ring (bicyclic) bond motifs is 1. The molecule has 0 unspecified atom stereocenters. The Balaban J connectivity index is 1.44. The molecule has 2 aliphatic heterocycles. The number of hydrogen-bond acceptors (Lipinski definition) is 5. The summed E-state index contributed by atoms with van der Waals surface area (Å²) in [5.74, 6) is -0.443. The summed E-state index contributed by atoms with van der Waals surface area (Å²) in [4.78, 5) is 53.6. The molecule has 8 nitrogen and oxygen atoms in total. The van der Waals surface area contributed by atoms with Crippen LogP contribution in [0.5, 0.6) is 5.75 Å². The summed E-state index contributed by atoms with van der Waals surface area (Å²) in [5, 5.41) is 0. The maximum absolute atomic E-state index is 12.8. The van der Waals surface area contributed by atoms with Crippen molar-refractivity contribution in [2.24, 2.45) is 11.8 Å². The lowest BCUT2D eigenvalue weighted by atomic mass is 9.75. The molecule has 1 aromatic carbocycles. The van der Waals surface area contributed by atoms with Crippen molar-refractivity contribution >= 4 is 29.4 Å². The van der Waals surface area contributed by atoms with Gasteiger partial charge in [0.25, 0.3) is 0 Å². The molecule has 1 aliphatic carbocycles. The minimum atomic E-state index is -0.966. The van der Waals surface area contributed by atoms with E-state index in [9.17, 15) is 19.2 Å². The van der Waals surface area contributed by atoms with E-state index >= 15 is 0 Å². The molecule has 3 fully saturated rings. The van der Waals surface area contributed by atoms with Crippen LogP contribution < -0.4 is 9.64 Å². The summed E-state index contributed by atoms with van der Waals surface area (Å²) in [6, 6.07) is 5.47. The third-order valence-electron chi connectivity index (χ3n) is 6.32. The van der Waals surface area contributed by atoms with E-state index in [4.69, 9.17) is 4.74 Å². The molecule has 29 heavy (non-hydrogen) atoms. The van der Waals surface area contributed by atoms with Gasteiger partial charge in [-0.3, -0.25) is 14.4 Å². The Labute approximate surface area is 169 Å². The zero-order valence-corrected chi connectivity index (χ0v) is 16.5. The summed E-state index contributed by atoms with van der Waals surface area (Å²) >= 11 is 0. The van der Waals surface area contributed by atoms with Crippen LogP contribution in [0.3, 0.4) is 0 Å². The third kappa shape index (κ3) is 3.59. The second-order valence-corrected chi connectivity index (χ2v) is 7.95. The summed E-state index contributed by atoms with van der Waals surface area (Å²) in [6.07, 6.45) is 5.77. The number of likely N-dealkylation sites (tertiary alicyclic amines) is 1. The summed E-state index contributed by atoms with van der Waals surface area (Å²) in [7, 11) is 1.51. The fourth-order valence-corrected chi connectivity index (χ4v) is 4.67. The Morgan fingerprint density at radius 2 is 1.69 bits per heavy atom. The second-order valence-electron chi connectivity index (χ2n) is 7.95. The van der Waals surface area contributed by atoms with Gasteiger partial charge in [0.2, 0.25) is 5.91 Å². The number of anilines is 1. The quantitative estimate of drug-likeness (QED) is 0.571. The zero-order chi connectivity index (χ0) is 20.5. The van der Waals surface area contributed by atoms with E-state index < -0.39 is 24.4 Å². The molecule has 2 saturated heterocycles. The van der Waals surface area contributed by atoms with Gasteiger partial charge in [0.1, 0.15) is 12.3 Å². The SMILES string of the molecule is COc1ccc(N2C(=O)C(=O)N(CC(=O)N3CC[C@H]4CCCC[C@@H]4C3)C2=O)cc1. The van der Waals surface area contributed by atoms with E-state index in [0.717, 1.165) is 22.6 Å². The largest absolute Gasteiger partial charge is 0.497 e. The number of carbonyl (C=O) groups excluding carboxylic acids is 4. The van der Waals surface area contributed by atoms with Gasteiger partial charge in [-0.2, -0.15) is 0 Å². The van der Waals surface area contributed by atoms with Gasteiger partial charge in [-0.05, 0) is 48.9 Å². The molecule has 154 valence electrons. The number of rotatable bonds is 4. The first-order chi connectivity index (χ1) is 14.0. The van der Waals surface area contributed by atoms with Crippen molar-refractivity contribution in [3.63, 3.8) is 0 Å². The lowest BCUT2D eigenvalue weighted by Crippen LogP contribution is -2.49. The molecule has 2 atom stereocenters. The maximum Gasteiger partial charge on any atom is 0.339 e. The van der Waals surface area contributed by atoms with Crippen LogP contribution >= 0.6 is 0 Å². The minimum absolute atomic E-state index is 0.270. The van der Waals surface area contributed by atoms with Crippen LogP contribution in [0, 0.1) is 11.8 Å². The Hall–Kier alpha value is -2.90. The summed E-state index contributed by atoms with van der Waals surface area (Å²) in [5.41, 5.74) is 0.270. The molecule has 1 saturated carbocycles. The van der Waals surface area contributed by atoms with Crippen LogP contribution in [0.15, 0.2) is 24.3 Å². The van der Waals surface area contributed by atoms with Crippen molar-refractivity contribution in [3.8, 4) is 5.75 Å². The highest BCUT2D eigenvalue weighted by atomic mass is 16.5. The van der Waals surface area contributed by atoms with Crippen molar-refractivity contribution in [1.82, 2.24) is 9.80 Å². The fraction of sp³-hybridized carbons (Fsp3) is 0.524. The van der Waals surface area contributed by atoms with Gasteiger partial charge in [-0.1, -0.05) is 19.3 Å². The Kier molecular flexibility index (Phi) is 5.25. The molecular formula is C21H25N3O5. The number of hydrogen-bond donors (Lipinski definition) is 0. The fourth-order valence-electron chi connectivity index (χ4n) is 4.67. The van der Waals surface area contributed by atoms with E-state index in [1.807, 2.05) is 0 Å². The topological polar surface area (TPSA) is 87.2 Å². The van der Waals surface area contributed by atoms with Gasteiger partial charge in [0.05, 0.1) is 12.8 Å². The number of methoxy groups -OCH3 is 1. The maximum atomic E-state index is 12.8. The smallest absolute Gasteiger partial charge is 0.339 e. The van der Waals surface area contributed by atoms with E-state index in [2.05, 4.69) is 0 Å². The molecule has 0 radical (unpaired) electrons. The van der Waals surface area contributed by atoms with Gasteiger partial charge in [-0.25, -0.2) is 14.6 Å². The van der Waals surface area contributed by atoms with Gasteiger partial charge >= 0.3 is 17.8 Å². The number of carbonyl (C=O) groups is 4. The van der Waals surface area contributed by atoms with Crippen LogP contribution in [-0.4, -0.2) is 60.3 Å². The Bertz CT molecular complexity index is 837. The predicted octanol–water partition coefficient (Wildman–Crippen LogP) is 2.03. The lowest BCUT2D eigenvalue weighted by Gasteiger charge is -2.41. The van der Waals surface area contributed by atoms with Gasteiger partial charge in [0.15, 0.2) is 0 Å². The molecule has 2 heterocycles. The lowest BCUT2D eigenvalue weighted by molar-refractivity contribution is -0.143. The van der Waals surface area contributed by atoms with Crippen molar-refractivity contribution < 1.29 is 23.9 Å². The van der Waals surface area contributed by atoms with Crippen molar-refractivity contribution in [2.45, 2.75) is 32.1 Å². The second kappa shape index (κ2) is 7.85. The molecular weight excluding hydrogens is 374 g/mol. The monoisotopic (exact) mass is 399 g/mol. The van der Waals surface area contributed by atoms with Crippen LogP contribution in [0.4, 0.5) is 10.5 Å². The number of amides is 5. The molecule has 0 spiro atoms. The number of urea groups is 1. The van der Waals surface area contributed by atoms with E-state index in [1.165, 1.54) is 38.5 Å². The predicted molar refractivity (Wildman–Crippen MR) is 104 cm³/mol. The number of piperidine rings is 1. The first-order valence-corrected chi connectivity index (χ1v) is 10.1.